The van der Waals surface area contributed by atoms with Gasteiger partial charge in [-0.05, 0) is 122 Å². The number of ether oxygens (including phenoxy) is 2. The third-order valence-corrected chi connectivity index (χ3v) is 9.81. The number of rotatable bonds is 14. The minimum atomic E-state index is 0.431. The van der Waals surface area contributed by atoms with Crippen molar-refractivity contribution in [1.82, 2.24) is 9.97 Å². The molecule has 8 nitrogen and oxygen atoms in total. The van der Waals surface area contributed by atoms with Gasteiger partial charge in [0.25, 0.3) is 0 Å². The fourth-order valence-corrected chi connectivity index (χ4v) is 7.04. The lowest BCUT2D eigenvalue weighted by Crippen LogP contribution is -2.02. The Morgan fingerprint density at radius 3 is 1.33 bits per heavy atom. The molecule has 12 heteroatoms. The van der Waals surface area contributed by atoms with Crippen LogP contribution in [0.3, 0.4) is 0 Å². The smallest absolute Gasteiger partial charge is 0.203 e. The van der Waals surface area contributed by atoms with Gasteiger partial charge in [0.05, 0.1) is 23.8 Å². The molecule has 6 rings (SSSR count). The summed E-state index contributed by atoms with van der Waals surface area (Å²) in [5, 5.41) is 15.6. The molecule has 264 valence electrons. The third kappa shape index (κ3) is 9.86. The van der Waals surface area contributed by atoms with Crippen molar-refractivity contribution in [2.75, 3.05) is 24.1 Å². The lowest BCUT2D eigenvalue weighted by atomic mass is 10.1. The van der Waals surface area contributed by atoms with Gasteiger partial charge in [-0.15, -0.1) is 22.7 Å². The quantitative estimate of drug-likeness (QED) is 0.0651. The van der Waals surface area contributed by atoms with Gasteiger partial charge in [0, 0.05) is 31.9 Å². The van der Waals surface area contributed by atoms with Gasteiger partial charge in [-0.1, -0.05) is 47.5 Å². The summed E-state index contributed by atoms with van der Waals surface area (Å²) >= 11 is 15.0. The predicted octanol–water partition coefficient (Wildman–Crippen LogP) is 11.4. The summed E-state index contributed by atoms with van der Waals surface area (Å²) in [7, 11) is 0. The summed E-state index contributed by atoms with van der Waals surface area (Å²) in [5.74, 6) is 1.72. The maximum absolute atomic E-state index is 6.11. The Morgan fingerprint density at radius 2 is 0.962 bits per heavy atom. The van der Waals surface area contributed by atoms with Gasteiger partial charge in [0.1, 0.15) is 24.7 Å². The number of aryl methyl sites for hydroxylation is 4. The first-order valence-electron chi connectivity index (χ1n) is 16.4. The molecule has 4 aromatic carbocycles. The molecule has 52 heavy (non-hydrogen) atoms. The van der Waals surface area contributed by atoms with Crippen LogP contribution in [-0.4, -0.2) is 35.6 Å². The topological polar surface area (TPSA) is 93.0 Å². The average Bonchev–Trinajstić information content (AvgIpc) is 3.79. The lowest BCUT2D eigenvalue weighted by molar-refractivity contribution is 0.345. The monoisotopic (exact) mass is 766 g/mol. The Bertz CT molecular complexity index is 2020. The number of hydrogen-bond acceptors (Lipinski definition) is 10. The van der Waals surface area contributed by atoms with E-state index in [1.807, 2.05) is 99.1 Å². The summed E-state index contributed by atoms with van der Waals surface area (Å²) in [5.41, 5.74) is 15.9. The molecule has 6 aromatic rings. The number of benzene rings is 4. The van der Waals surface area contributed by atoms with Gasteiger partial charge in [-0.3, -0.25) is 10.9 Å². The number of hydrazone groups is 2. The Hall–Kier alpha value is -5.00. The highest BCUT2D eigenvalue weighted by Crippen LogP contribution is 2.29. The minimum absolute atomic E-state index is 0.431. The van der Waals surface area contributed by atoms with Crippen LogP contribution in [0, 0.1) is 27.7 Å². The molecule has 0 aliphatic carbocycles. The zero-order valence-corrected chi connectivity index (χ0v) is 32.1. The van der Waals surface area contributed by atoms with Crippen molar-refractivity contribution in [2.45, 2.75) is 27.7 Å². The Morgan fingerprint density at radius 1 is 0.596 bits per heavy atom. The molecule has 0 saturated heterocycles. The van der Waals surface area contributed by atoms with Crippen LogP contribution < -0.4 is 20.3 Å². The lowest BCUT2D eigenvalue weighted by Gasteiger charge is -2.12. The van der Waals surface area contributed by atoms with E-state index in [-0.39, 0.29) is 0 Å². The van der Waals surface area contributed by atoms with Crippen LogP contribution >= 0.6 is 45.9 Å². The van der Waals surface area contributed by atoms with Crippen molar-refractivity contribution >= 4 is 68.6 Å². The molecule has 0 atom stereocenters. The first-order valence-corrected chi connectivity index (χ1v) is 18.9. The maximum Gasteiger partial charge on any atom is 0.203 e. The van der Waals surface area contributed by atoms with E-state index in [1.54, 1.807) is 12.4 Å². The summed E-state index contributed by atoms with van der Waals surface area (Å²) in [6, 6.07) is 23.4. The van der Waals surface area contributed by atoms with E-state index in [2.05, 4.69) is 55.3 Å². The van der Waals surface area contributed by atoms with E-state index in [1.165, 1.54) is 22.7 Å². The van der Waals surface area contributed by atoms with Crippen molar-refractivity contribution in [1.29, 1.82) is 0 Å². The second-order valence-corrected chi connectivity index (χ2v) is 14.5. The molecule has 0 bridgehead atoms. The number of nitrogens with one attached hydrogen (secondary N) is 2. The molecule has 0 radical (unpaired) electrons. The summed E-state index contributed by atoms with van der Waals surface area (Å²) in [6.45, 7) is 9.00. The molecular weight excluding hydrogens is 732 g/mol. The molecule has 0 saturated carbocycles. The normalized spacial score (nSPS) is 11.6. The number of halogens is 2. The zero-order chi connectivity index (χ0) is 36.5. The fraction of sp³-hybridized carbons (Fsp3) is 0.150. The van der Waals surface area contributed by atoms with Crippen molar-refractivity contribution in [3.63, 3.8) is 0 Å². The van der Waals surface area contributed by atoms with E-state index in [0.29, 0.717) is 33.5 Å². The molecule has 0 aliphatic heterocycles. The highest BCUT2D eigenvalue weighted by atomic mass is 35.5. The van der Waals surface area contributed by atoms with Crippen LogP contribution in [0.15, 0.2) is 106 Å². The van der Waals surface area contributed by atoms with Gasteiger partial charge in [0.15, 0.2) is 0 Å². The average molecular weight is 768 g/mol. The standard InChI is InChI=1S/C40H36Cl2N6O2S2/c1-25-17-29(21-43-47-39-45-35(23-51-39)31-7-11-33(41)12-8-31)18-26(2)37(25)49-15-5-6-16-50-38-27(3)19-30(20-28(38)4)22-44-48-40-46-36(24-52-40)32-9-13-34(42)14-10-32/h5-14,17-24H,15-16H2,1-4H3,(H,45,47)(H,46,48)/b6-5+,43-21+,44-22+. The van der Waals surface area contributed by atoms with E-state index in [0.717, 1.165) is 67.4 Å². The SMILES string of the molecule is Cc1cc(/C=N/Nc2nc(-c3ccc(Cl)cc3)cs2)cc(C)c1OC/C=C/COc1c(C)cc(/C=N/Nc2nc(-c3ccc(Cl)cc3)cs2)cc1C. The van der Waals surface area contributed by atoms with E-state index < -0.39 is 0 Å². The number of anilines is 2. The second-order valence-electron chi connectivity index (χ2n) is 11.9. The predicted molar refractivity (Wildman–Crippen MR) is 220 cm³/mol. The first kappa shape index (κ1) is 36.8. The Balaban J connectivity index is 0.947. The first-order chi connectivity index (χ1) is 25.2. The van der Waals surface area contributed by atoms with E-state index >= 15 is 0 Å². The molecule has 0 fully saturated rings. The number of aromatic nitrogens is 2. The van der Waals surface area contributed by atoms with Crippen molar-refractivity contribution in [2.24, 2.45) is 10.2 Å². The molecule has 0 amide bonds. The summed E-state index contributed by atoms with van der Waals surface area (Å²) in [4.78, 5) is 9.21. The van der Waals surface area contributed by atoms with Gasteiger partial charge in [-0.2, -0.15) is 10.2 Å². The van der Waals surface area contributed by atoms with Crippen LogP contribution in [0.25, 0.3) is 22.5 Å². The highest BCUT2D eigenvalue weighted by molar-refractivity contribution is 7.14. The van der Waals surface area contributed by atoms with Crippen molar-refractivity contribution in [3.05, 3.63) is 139 Å². The molecule has 2 aromatic heterocycles. The van der Waals surface area contributed by atoms with Crippen LogP contribution in [0.5, 0.6) is 11.5 Å². The maximum atomic E-state index is 6.11. The van der Waals surface area contributed by atoms with E-state index in [4.69, 9.17) is 32.7 Å². The summed E-state index contributed by atoms with van der Waals surface area (Å²) in [6.07, 6.45) is 7.51. The van der Waals surface area contributed by atoms with Gasteiger partial charge in [0.2, 0.25) is 10.3 Å². The minimum Gasteiger partial charge on any atom is -0.489 e. The van der Waals surface area contributed by atoms with Crippen LogP contribution in [0.1, 0.15) is 33.4 Å². The highest BCUT2D eigenvalue weighted by Gasteiger charge is 2.09. The molecule has 2 heterocycles. The molecule has 0 spiro atoms. The molecule has 0 aliphatic rings. The number of nitrogens with zero attached hydrogens (tertiary/aromatic N) is 4. The molecular formula is C40H36Cl2N6O2S2. The number of hydrogen-bond donors (Lipinski definition) is 2. The Labute approximate surface area is 321 Å². The third-order valence-electron chi connectivity index (χ3n) is 7.82. The zero-order valence-electron chi connectivity index (χ0n) is 29.0. The second kappa shape index (κ2) is 17.5. The number of thiazole rings is 2. The van der Waals surface area contributed by atoms with E-state index in [9.17, 15) is 0 Å². The van der Waals surface area contributed by atoms with Gasteiger partial charge < -0.3 is 9.47 Å². The fourth-order valence-electron chi connectivity index (χ4n) is 5.45. The molecule has 2 N–H and O–H groups in total. The van der Waals surface area contributed by atoms with Gasteiger partial charge in [-0.25, -0.2) is 9.97 Å². The largest absolute Gasteiger partial charge is 0.489 e. The van der Waals surface area contributed by atoms with Crippen molar-refractivity contribution < 1.29 is 9.47 Å². The Kier molecular flexibility index (Phi) is 12.4. The van der Waals surface area contributed by atoms with Crippen LogP contribution in [-0.2, 0) is 0 Å². The van der Waals surface area contributed by atoms with Gasteiger partial charge >= 0.3 is 0 Å². The summed E-state index contributed by atoms with van der Waals surface area (Å²) < 4.78 is 12.2. The van der Waals surface area contributed by atoms with Crippen LogP contribution in [0.4, 0.5) is 10.3 Å². The van der Waals surface area contributed by atoms with Crippen LogP contribution in [0.2, 0.25) is 10.0 Å². The molecule has 0 unspecified atom stereocenters. The van der Waals surface area contributed by atoms with Crippen molar-refractivity contribution in [3.8, 4) is 34.0 Å².